The SMILES string of the molecule is Cn1cnc(CCNCCCOc2ccccc2)n1. The van der Waals surface area contributed by atoms with Gasteiger partial charge in [-0.3, -0.25) is 4.68 Å². The maximum absolute atomic E-state index is 5.61. The van der Waals surface area contributed by atoms with E-state index >= 15 is 0 Å². The number of hydrogen-bond acceptors (Lipinski definition) is 4. The Labute approximate surface area is 113 Å². The van der Waals surface area contributed by atoms with Crippen molar-refractivity contribution in [2.24, 2.45) is 7.05 Å². The van der Waals surface area contributed by atoms with Crippen LogP contribution in [0.4, 0.5) is 0 Å². The number of ether oxygens (including phenoxy) is 1. The molecule has 0 aliphatic carbocycles. The number of nitrogens with zero attached hydrogens (tertiary/aromatic N) is 3. The highest BCUT2D eigenvalue weighted by Gasteiger charge is 1.97. The number of hydrogen-bond donors (Lipinski definition) is 1. The summed E-state index contributed by atoms with van der Waals surface area (Å²) in [6, 6.07) is 9.89. The fourth-order valence-electron chi connectivity index (χ4n) is 1.73. The Morgan fingerprint density at radius 2 is 2.05 bits per heavy atom. The molecule has 0 saturated carbocycles. The second-order valence-corrected chi connectivity index (χ2v) is 4.35. The summed E-state index contributed by atoms with van der Waals surface area (Å²) in [6.07, 6.45) is 3.58. The summed E-state index contributed by atoms with van der Waals surface area (Å²) in [6.45, 7) is 2.58. The maximum atomic E-state index is 5.61. The number of aromatic nitrogens is 3. The molecule has 0 aliphatic rings. The third-order valence-electron chi connectivity index (χ3n) is 2.68. The number of rotatable bonds is 8. The predicted molar refractivity (Wildman–Crippen MR) is 74.1 cm³/mol. The highest BCUT2D eigenvalue weighted by molar-refractivity contribution is 5.20. The normalized spacial score (nSPS) is 10.6. The molecule has 0 fully saturated rings. The molecule has 1 aromatic carbocycles. The Kier molecular flexibility index (Phi) is 5.37. The molecule has 5 nitrogen and oxygen atoms in total. The average Bonchev–Trinajstić information content (AvgIpc) is 2.85. The molecule has 0 spiro atoms. The summed E-state index contributed by atoms with van der Waals surface area (Å²) in [5, 5.41) is 7.59. The van der Waals surface area contributed by atoms with Gasteiger partial charge in [0.1, 0.15) is 12.1 Å². The Hall–Kier alpha value is -1.88. The Morgan fingerprint density at radius 3 is 2.79 bits per heavy atom. The van der Waals surface area contributed by atoms with Crippen molar-refractivity contribution in [3.05, 3.63) is 42.5 Å². The van der Waals surface area contributed by atoms with Gasteiger partial charge in [0.05, 0.1) is 6.61 Å². The van der Waals surface area contributed by atoms with Crippen LogP contribution >= 0.6 is 0 Å². The van der Waals surface area contributed by atoms with Crippen molar-refractivity contribution in [2.75, 3.05) is 19.7 Å². The van der Waals surface area contributed by atoms with Gasteiger partial charge in [0, 0.05) is 20.0 Å². The van der Waals surface area contributed by atoms with Crippen LogP contribution in [0.5, 0.6) is 5.75 Å². The molecule has 2 aromatic rings. The van der Waals surface area contributed by atoms with Gasteiger partial charge in [-0.25, -0.2) is 4.98 Å². The van der Waals surface area contributed by atoms with Crippen LogP contribution in [-0.2, 0) is 13.5 Å². The van der Waals surface area contributed by atoms with Gasteiger partial charge in [-0.1, -0.05) is 18.2 Å². The molecule has 5 heteroatoms. The lowest BCUT2D eigenvalue weighted by Crippen LogP contribution is -2.20. The Bertz CT molecular complexity index is 469. The zero-order valence-corrected chi connectivity index (χ0v) is 11.2. The van der Waals surface area contributed by atoms with Crippen molar-refractivity contribution >= 4 is 0 Å². The molecule has 102 valence electrons. The van der Waals surface area contributed by atoms with Crippen molar-refractivity contribution < 1.29 is 4.74 Å². The molecule has 0 saturated heterocycles. The maximum Gasteiger partial charge on any atom is 0.151 e. The smallest absolute Gasteiger partial charge is 0.151 e. The zero-order chi connectivity index (χ0) is 13.3. The first-order valence-electron chi connectivity index (χ1n) is 6.57. The minimum absolute atomic E-state index is 0.735. The molecule has 0 unspecified atom stereocenters. The predicted octanol–water partition coefficient (Wildman–Crippen LogP) is 1.42. The second-order valence-electron chi connectivity index (χ2n) is 4.35. The highest BCUT2D eigenvalue weighted by atomic mass is 16.5. The van der Waals surface area contributed by atoms with Crippen LogP contribution in [0.25, 0.3) is 0 Å². The summed E-state index contributed by atoms with van der Waals surface area (Å²) < 4.78 is 7.33. The van der Waals surface area contributed by atoms with Gasteiger partial charge in [-0.15, -0.1) is 0 Å². The van der Waals surface area contributed by atoms with E-state index in [-0.39, 0.29) is 0 Å². The molecular weight excluding hydrogens is 240 g/mol. The van der Waals surface area contributed by atoms with Crippen molar-refractivity contribution in [1.82, 2.24) is 20.1 Å². The summed E-state index contributed by atoms with van der Waals surface area (Å²) in [7, 11) is 1.88. The summed E-state index contributed by atoms with van der Waals surface area (Å²) in [5.74, 6) is 1.82. The highest BCUT2D eigenvalue weighted by Crippen LogP contribution is 2.07. The van der Waals surface area contributed by atoms with Crippen LogP contribution in [0.15, 0.2) is 36.7 Å². The first-order chi connectivity index (χ1) is 9.34. The number of aryl methyl sites for hydroxylation is 1. The van der Waals surface area contributed by atoms with Gasteiger partial charge < -0.3 is 10.1 Å². The summed E-state index contributed by atoms with van der Waals surface area (Å²) >= 11 is 0. The van der Waals surface area contributed by atoms with Crippen molar-refractivity contribution in [3.8, 4) is 5.75 Å². The fraction of sp³-hybridized carbons (Fsp3) is 0.429. The quantitative estimate of drug-likeness (QED) is 0.729. The molecule has 0 radical (unpaired) electrons. The monoisotopic (exact) mass is 260 g/mol. The lowest BCUT2D eigenvalue weighted by atomic mass is 10.3. The van der Waals surface area contributed by atoms with Gasteiger partial charge in [0.2, 0.25) is 0 Å². The first-order valence-corrected chi connectivity index (χ1v) is 6.57. The molecule has 19 heavy (non-hydrogen) atoms. The number of benzene rings is 1. The zero-order valence-electron chi connectivity index (χ0n) is 11.2. The van der Waals surface area contributed by atoms with E-state index in [0.29, 0.717) is 0 Å². The van der Waals surface area contributed by atoms with Crippen molar-refractivity contribution in [2.45, 2.75) is 12.8 Å². The van der Waals surface area contributed by atoms with Crippen LogP contribution in [0.3, 0.4) is 0 Å². The van der Waals surface area contributed by atoms with Gasteiger partial charge in [0.25, 0.3) is 0 Å². The third-order valence-corrected chi connectivity index (χ3v) is 2.68. The van der Waals surface area contributed by atoms with E-state index in [0.717, 1.165) is 44.1 Å². The molecule has 0 aliphatic heterocycles. The van der Waals surface area contributed by atoms with Gasteiger partial charge in [-0.2, -0.15) is 5.10 Å². The lowest BCUT2D eigenvalue weighted by Gasteiger charge is -2.06. The van der Waals surface area contributed by atoms with Gasteiger partial charge >= 0.3 is 0 Å². The molecule has 0 bridgehead atoms. The van der Waals surface area contributed by atoms with Crippen LogP contribution in [0.1, 0.15) is 12.2 Å². The van der Waals surface area contributed by atoms with Crippen LogP contribution in [0.2, 0.25) is 0 Å². The Morgan fingerprint density at radius 1 is 1.21 bits per heavy atom. The van der Waals surface area contributed by atoms with Gasteiger partial charge in [0.15, 0.2) is 5.82 Å². The van der Waals surface area contributed by atoms with E-state index in [2.05, 4.69) is 15.4 Å². The molecule has 1 aromatic heterocycles. The summed E-state index contributed by atoms with van der Waals surface area (Å²) in [5.41, 5.74) is 0. The van der Waals surface area contributed by atoms with Gasteiger partial charge in [-0.05, 0) is 25.1 Å². The van der Waals surface area contributed by atoms with E-state index in [1.165, 1.54) is 0 Å². The van der Waals surface area contributed by atoms with E-state index in [1.54, 1.807) is 11.0 Å². The number of nitrogens with one attached hydrogen (secondary N) is 1. The average molecular weight is 260 g/mol. The van der Waals surface area contributed by atoms with Crippen LogP contribution in [-0.4, -0.2) is 34.5 Å². The van der Waals surface area contributed by atoms with Crippen LogP contribution < -0.4 is 10.1 Å². The lowest BCUT2D eigenvalue weighted by molar-refractivity contribution is 0.308. The van der Waals surface area contributed by atoms with E-state index < -0.39 is 0 Å². The third kappa shape index (κ3) is 5.09. The molecule has 0 atom stereocenters. The van der Waals surface area contributed by atoms with E-state index in [9.17, 15) is 0 Å². The largest absolute Gasteiger partial charge is 0.494 e. The topological polar surface area (TPSA) is 52.0 Å². The minimum atomic E-state index is 0.735. The molecule has 1 heterocycles. The fourth-order valence-corrected chi connectivity index (χ4v) is 1.73. The molecule has 1 N–H and O–H groups in total. The summed E-state index contributed by atoms with van der Waals surface area (Å²) in [4.78, 5) is 4.18. The number of para-hydroxylation sites is 1. The van der Waals surface area contributed by atoms with Crippen molar-refractivity contribution in [1.29, 1.82) is 0 Å². The first kappa shape index (κ1) is 13.5. The van der Waals surface area contributed by atoms with Crippen LogP contribution in [0, 0.1) is 0 Å². The van der Waals surface area contributed by atoms with E-state index in [4.69, 9.17) is 4.74 Å². The van der Waals surface area contributed by atoms with Crippen molar-refractivity contribution in [3.63, 3.8) is 0 Å². The van der Waals surface area contributed by atoms with E-state index in [1.807, 2.05) is 37.4 Å². The Balaban J connectivity index is 1.48. The molecular formula is C14H20N4O. The molecule has 0 amide bonds. The minimum Gasteiger partial charge on any atom is -0.494 e. The second kappa shape index (κ2) is 7.53. The standard InChI is InChI=1S/C14H20N4O/c1-18-12-16-14(17-18)8-10-15-9-5-11-19-13-6-3-2-4-7-13/h2-4,6-7,12,15H,5,8-11H2,1H3. The molecule has 2 rings (SSSR count).